The molecule has 0 amide bonds. The van der Waals surface area contributed by atoms with Crippen LogP contribution in [-0.4, -0.2) is 9.13 Å². The van der Waals surface area contributed by atoms with E-state index >= 15 is 0 Å². The summed E-state index contributed by atoms with van der Waals surface area (Å²) in [6, 6.07) is 13.8. The lowest BCUT2D eigenvalue weighted by molar-refractivity contribution is -0.668. The molecule has 0 bridgehead atoms. The van der Waals surface area contributed by atoms with Crippen LogP contribution in [0.4, 0.5) is 0 Å². The number of nitrogens with zero attached hydrogens (tertiary/aromatic N) is 4. The smallest absolute Gasteiger partial charge is 0.232 e. The zero-order chi connectivity index (χ0) is 21.8. The number of hydrogen-bond donors (Lipinski definition) is 0. The van der Waals surface area contributed by atoms with Crippen molar-refractivity contribution in [3.05, 3.63) is 54.6 Å². The van der Waals surface area contributed by atoms with Gasteiger partial charge in [0.1, 0.15) is 5.69 Å². The summed E-state index contributed by atoms with van der Waals surface area (Å²) in [5, 5.41) is 0. The van der Waals surface area contributed by atoms with Gasteiger partial charge in [0, 0.05) is 12.1 Å². The standard InChI is InChI=1S/C27H38N4/c1-5-8-9-10-11-12-14-22-15-13-16-23(17-22)31-21-30(7-3)26-19-25-24(18-27(26)31)28(4)20-29(25)6-2/h13,15-21H,5-12,14H2,1-4H3/q+2. The molecule has 2 aromatic carbocycles. The fourth-order valence-electron chi connectivity index (χ4n) is 4.77. The summed E-state index contributed by atoms with van der Waals surface area (Å²) in [7, 11) is 2.14. The van der Waals surface area contributed by atoms with E-state index in [9.17, 15) is 0 Å². The first-order valence-corrected chi connectivity index (χ1v) is 12.2. The third kappa shape index (κ3) is 4.39. The molecule has 0 saturated carbocycles. The highest BCUT2D eigenvalue weighted by molar-refractivity contribution is 5.89. The van der Waals surface area contributed by atoms with Crippen molar-refractivity contribution in [3.8, 4) is 5.69 Å². The molecule has 0 aliphatic carbocycles. The Kier molecular flexibility index (Phi) is 6.74. The monoisotopic (exact) mass is 418 g/mol. The molecule has 4 heteroatoms. The molecule has 0 unspecified atom stereocenters. The molecule has 0 saturated heterocycles. The SMILES string of the molecule is CCCCCCCCc1cccc(-n2c[n+](CC)c3cc4c(cc32)[n+](C)cn4CC)c1. The number of benzene rings is 2. The number of fused-ring (bicyclic) bond motifs is 2. The van der Waals surface area contributed by atoms with Crippen LogP contribution in [0.1, 0.15) is 64.9 Å². The van der Waals surface area contributed by atoms with Gasteiger partial charge in [-0.05, 0) is 44.4 Å². The van der Waals surface area contributed by atoms with Crippen LogP contribution in [0.5, 0.6) is 0 Å². The van der Waals surface area contributed by atoms with E-state index in [-0.39, 0.29) is 0 Å². The topological polar surface area (TPSA) is 17.6 Å². The van der Waals surface area contributed by atoms with Gasteiger partial charge in [0.2, 0.25) is 12.7 Å². The first-order valence-electron chi connectivity index (χ1n) is 12.2. The van der Waals surface area contributed by atoms with Gasteiger partial charge in [0.25, 0.3) is 0 Å². The second-order valence-corrected chi connectivity index (χ2v) is 8.80. The minimum absolute atomic E-state index is 0.964. The van der Waals surface area contributed by atoms with E-state index in [0.29, 0.717) is 0 Å². The predicted octanol–water partition coefficient (Wildman–Crippen LogP) is 5.64. The quantitative estimate of drug-likeness (QED) is 0.234. The Morgan fingerprint density at radius 3 is 2.35 bits per heavy atom. The van der Waals surface area contributed by atoms with Crippen LogP contribution in [0.2, 0.25) is 0 Å². The van der Waals surface area contributed by atoms with Crippen molar-refractivity contribution >= 4 is 22.1 Å². The van der Waals surface area contributed by atoms with Crippen LogP contribution >= 0.6 is 0 Å². The molecule has 4 nitrogen and oxygen atoms in total. The minimum Gasteiger partial charge on any atom is -0.232 e. The normalized spacial score (nSPS) is 11.7. The summed E-state index contributed by atoms with van der Waals surface area (Å²) >= 11 is 0. The number of aromatic nitrogens is 4. The molecule has 2 aromatic heterocycles. The second kappa shape index (κ2) is 9.67. The van der Waals surface area contributed by atoms with Crippen molar-refractivity contribution in [1.82, 2.24) is 9.13 Å². The Hall–Kier alpha value is -2.62. The summed E-state index contributed by atoms with van der Waals surface area (Å²) in [6.45, 7) is 8.66. The van der Waals surface area contributed by atoms with Crippen LogP contribution in [0.3, 0.4) is 0 Å². The molecule has 4 rings (SSSR count). The minimum atomic E-state index is 0.964. The van der Waals surface area contributed by atoms with Gasteiger partial charge in [-0.3, -0.25) is 0 Å². The van der Waals surface area contributed by atoms with E-state index in [0.717, 1.165) is 13.1 Å². The zero-order valence-electron chi connectivity index (χ0n) is 19.8. The summed E-state index contributed by atoms with van der Waals surface area (Å²) in [5.74, 6) is 0. The predicted molar refractivity (Wildman–Crippen MR) is 129 cm³/mol. The van der Waals surface area contributed by atoms with Crippen molar-refractivity contribution in [2.45, 2.75) is 78.8 Å². The average molecular weight is 419 g/mol. The first kappa shape index (κ1) is 21.6. The van der Waals surface area contributed by atoms with Crippen molar-refractivity contribution in [1.29, 1.82) is 0 Å². The first-order chi connectivity index (χ1) is 15.2. The molecule has 164 valence electrons. The fraction of sp³-hybridized carbons (Fsp3) is 0.481. The lowest BCUT2D eigenvalue weighted by atomic mass is 10.0. The molecule has 0 spiro atoms. The molecule has 0 aliphatic heterocycles. The summed E-state index contributed by atoms with van der Waals surface area (Å²) in [6.07, 6.45) is 13.7. The highest BCUT2D eigenvalue weighted by Gasteiger charge is 2.22. The van der Waals surface area contributed by atoms with Gasteiger partial charge in [-0.25, -0.2) is 13.7 Å². The highest BCUT2D eigenvalue weighted by atomic mass is 15.2. The van der Waals surface area contributed by atoms with Gasteiger partial charge in [-0.1, -0.05) is 51.2 Å². The molecule has 2 heterocycles. The van der Waals surface area contributed by atoms with E-state index < -0.39 is 0 Å². The third-order valence-electron chi connectivity index (χ3n) is 6.59. The summed E-state index contributed by atoms with van der Waals surface area (Å²) < 4.78 is 9.29. The van der Waals surface area contributed by atoms with E-state index in [4.69, 9.17) is 0 Å². The van der Waals surface area contributed by atoms with Crippen LogP contribution < -0.4 is 9.13 Å². The van der Waals surface area contributed by atoms with Crippen molar-refractivity contribution < 1.29 is 9.13 Å². The van der Waals surface area contributed by atoms with Crippen molar-refractivity contribution in [2.75, 3.05) is 0 Å². The van der Waals surface area contributed by atoms with E-state index in [1.807, 2.05) is 0 Å². The number of aryl methyl sites for hydroxylation is 4. The van der Waals surface area contributed by atoms with Crippen LogP contribution in [0.15, 0.2) is 49.1 Å². The molecule has 0 fully saturated rings. The molecule has 0 aliphatic rings. The van der Waals surface area contributed by atoms with E-state index in [2.05, 4.69) is 95.1 Å². The number of imidazole rings is 2. The Balaban J connectivity index is 1.66. The van der Waals surface area contributed by atoms with Crippen molar-refractivity contribution in [3.63, 3.8) is 0 Å². The Labute approximate surface area is 186 Å². The Morgan fingerprint density at radius 1 is 0.806 bits per heavy atom. The van der Waals surface area contributed by atoms with Crippen LogP contribution in [0.25, 0.3) is 27.8 Å². The maximum Gasteiger partial charge on any atom is 0.249 e. The molecule has 0 N–H and O–H groups in total. The lowest BCUT2D eigenvalue weighted by Gasteiger charge is -2.04. The van der Waals surface area contributed by atoms with Gasteiger partial charge >= 0.3 is 0 Å². The fourth-order valence-corrected chi connectivity index (χ4v) is 4.77. The Bertz CT molecular complexity index is 1170. The maximum atomic E-state index is 2.38. The Morgan fingerprint density at radius 2 is 1.58 bits per heavy atom. The molecule has 0 atom stereocenters. The van der Waals surface area contributed by atoms with E-state index in [1.165, 1.54) is 78.3 Å². The number of rotatable bonds is 10. The lowest BCUT2D eigenvalue weighted by Crippen LogP contribution is -2.30. The van der Waals surface area contributed by atoms with E-state index in [1.54, 1.807) is 0 Å². The summed E-state index contributed by atoms with van der Waals surface area (Å²) in [5.41, 5.74) is 7.86. The summed E-state index contributed by atoms with van der Waals surface area (Å²) in [4.78, 5) is 0. The third-order valence-corrected chi connectivity index (χ3v) is 6.59. The zero-order valence-corrected chi connectivity index (χ0v) is 19.8. The number of hydrogen-bond acceptors (Lipinski definition) is 0. The second-order valence-electron chi connectivity index (χ2n) is 8.80. The number of unbranched alkanes of at least 4 members (excludes halogenated alkanes) is 5. The van der Waals surface area contributed by atoms with Crippen LogP contribution in [-0.2, 0) is 26.6 Å². The maximum absolute atomic E-state index is 2.38. The van der Waals surface area contributed by atoms with Gasteiger partial charge in [-0.2, -0.15) is 4.57 Å². The van der Waals surface area contributed by atoms with Gasteiger partial charge < -0.3 is 0 Å². The molecular formula is C27H38N4+2. The molecular weight excluding hydrogens is 380 g/mol. The van der Waals surface area contributed by atoms with Gasteiger partial charge in [-0.15, -0.1) is 0 Å². The molecule has 31 heavy (non-hydrogen) atoms. The highest BCUT2D eigenvalue weighted by Crippen LogP contribution is 2.23. The average Bonchev–Trinajstić information content (AvgIpc) is 3.32. The van der Waals surface area contributed by atoms with Crippen LogP contribution in [0, 0.1) is 0 Å². The van der Waals surface area contributed by atoms with Crippen molar-refractivity contribution in [2.24, 2.45) is 7.05 Å². The molecule has 0 radical (unpaired) electrons. The largest absolute Gasteiger partial charge is 0.249 e. The van der Waals surface area contributed by atoms with Gasteiger partial charge in [0.15, 0.2) is 22.1 Å². The van der Waals surface area contributed by atoms with Gasteiger partial charge in [0.05, 0.1) is 20.1 Å². The molecule has 4 aromatic rings.